The molecule has 3 heteroatoms. The highest BCUT2D eigenvalue weighted by molar-refractivity contribution is 5.66. The second-order valence-electron chi connectivity index (χ2n) is 9.63. The first-order valence-corrected chi connectivity index (χ1v) is 14.7. The van der Waals surface area contributed by atoms with Gasteiger partial charge >= 0.3 is 5.97 Å². The van der Waals surface area contributed by atoms with E-state index in [-0.39, 0.29) is 0 Å². The second-order valence-corrected chi connectivity index (χ2v) is 9.63. The van der Waals surface area contributed by atoms with Crippen molar-refractivity contribution in [2.45, 2.75) is 168 Å². The number of aliphatic hydroxyl groups is 1. The van der Waals surface area contributed by atoms with E-state index in [2.05, 4.69) is 26.0 Å². The van der Waals surface area contributed by atoms with Crippen LogP contribution in [0, 0.1) is 0 Å². The Balaban J connectivity index is 0. The molecule has 0 heterocycles. The molecule has 0 radical (unpaired) electrons. The average Bonchev–Trinajstić information content (AvgIpc) is 2.81. The first kappa shape index (κ1) is 34.3. The summed E-state index contributed by atoms with van der Waals surface area (Å²) in [7, 11) is 0. The summed E-state index contributed by atoms with van der Waals surface area (Å²) in [6, 6.07) is 0. The summed E-state index contributed by atoms with van der Waals surface area (Å²) in [5.41, 5.74) is 0. The third kappa shape index (κ3) is 38.7. The Labute approximate surface area is 207 Å². The number of allylic oxidation sites excluding steroid dienone is 2. The predicted octanol–water partition coefficient (Wildman–Crippen LogP) is 10.0. The minimum atomic E-state index is -0.664. The Morgan fingerprint density at radius 3 is 1.21 bits per heavy atom. The largest absolute Gasteiger partial charge is 0.481 e. The Kier molecular flexibility index (Phi) is 34.7. The number of aliphatic hydroxyl groups excluding tert-OH is 1. The van der Waals surface area contributed by atoms with Crippen LogP contribution in [-0.4, -0.2) is 22.8 Å². The molecule has 0 atom stereocenters. The molecule has 0 aromatic carbocycles. The smallest absolute Gasteiger partial charge is 0.303 e. The van der Waals surface area contributed by atoms with E-state index in [1.807, 2.05) is 0 Å². The van der Waals surface area contributed by atoms with E-state index in [4.69, 9.17) is 10.2 Å². The maximum absolute atomic E-state index is 10.3. The third-order valence-corrected chi connectivity index (χ3v) is 6.16. The van der Waals surface area contributed by atoms with Crippen molar-refractivity contribution < 1.29 is 15.0 Å². The quantitative estimate of drug-likeness (QED) is 0.103. The molecule has 0 amide bonds. The van der Waals surface area contributed by atoms with Crippen molar-refractivity contribution in [3.05, 3.63) is 12.2 Å². The number of carboxylic acid groups (broad SMARTS) is 1. The molecule has 0 unspecified atom stereocenters. The molecular formula is C30H60O3. The topological polar surface area (TPSA) is 57.5 Å². The molecule has 33 heavy (non-hydrogen) atoms. The van der Waals surface area contributed by atoms with Gasteiger partial charge in [0.05, 0.1) is 0 Å². The van der Waals surface area contributed by atoms with Crippen molar-refractivity contribution in [1.29, 1.82) is 0 Å². The lowest BCUT2D eigenvalue weighted by atomic mass is 10.1. The average molecular weight is 469 g/mol. The standard InChI is InChI=1S/C18H34O2.C12H26O/c1-2-3-4-5-6-7-8-9-10-11-12-13-14-15-16-17-18(19)20;1-2-3-4-5-6-7-8-9-10-11-12-13/h9-10H,2-8,11-17H2,1H3,(H,19,20);13H,2-12H2,1H3. The fraction of sp³-hybridized carbons (Fsp3) is 0.900. The van der Waals surface area contributed by atoms with Crippen LogP contribution in [0.25, 0.3) is 0 Å². The van der Waals surface area contributed by atoms with Crippen LogP contribution in [0.5, 0.6) is 0 Å². The fourth-order valence-electron chi connectivity index (χ4n) is 3.95. The molecule has 0 aromatic rings. The lowest BCUT2D eigenvalue weighted by Crippen LogP contribution is -1.93. The zero-order valence-electron chi connectivity index (χ0n) is 22.6. The molecule has 0 rings (SSSR count). The highest BCUT2D eigenvalue weighted by atomic mass is 16.4. The molecule has 0 aliphatic carbocycles. The van der Waals surface area contributed by atoms with Crippen molar-refractivity contribution in [2.75, 3.05) is 6.61 Å². The van der Waals surface area contributed by atoms with Crippen LogP contribution in [0.1, 0.15) is 168 Å². The zero-order chi connectivity index (χ0) is 24.7. The molecule has 0 saturated heterocycles. The van der Waals surface area contributed by atoms with Crippen LogP contribution in [0.4, 0.5) is 0 Å². The Hall–Kier alpha value is -0.830. The SMILES string of the molecule is CCCCCCCCC=CCCCCCCCC(=O)O.CCCCCCCCCCCCO. The van der Waals surface area contributed by atoms with Gasteiger partial charge in [-0.2, -0.15) is 0 Å². The van der Waals surface area contributed by atoms with Crippen LogP contribution in [0.2, 0.25) is 0 Å². The molecule has 0 spiro atoms. The van der Waals surface area contributed by atoms with Crippen molar-refractivity contribution in [1.82, 2.24) is 0 Å². The summed E-state index contributed by atoms with van der Waals surface area (Å²) < 4.78 is 0. The minimum absolute atomic E-state index is 0.332. The van der Waals surface area contributed by atoms with Crippen LogP contribution in [0.3, 0.4) is 0 Å². The van der Waals surface area contributed by atoms with E-state index < -0.39 is 5.97 Å². The number of hydrogen-bond donors (Lipinski definition) is 2. The number of rotatable bonds is 25. The molecule has 198 valence electrons. The van der Waals surface area contributed by atoms with Gasteiger partial charge in [0.15, 0.2) is 0 Å². The monoisotopic (exact) mass is 468 g/mol. The highest BCUT2D eigenvalue weighted by Crippen LogP contribution is 2.11. The van der Waals surface area contributed by atoms with E-state index in [1.165, 1.54) is 128 Å². The van der Waals surface area contributed by atoms with Crippen LogP contribution >= 0.6 is 0 Å². The van der Waals surface area contributed by atoms with Gasteiger partial charge in [0.25, 0.3) is 0 Å². The lowest BCUT2D eigenvalue weighted by Gasteiger charge is -2.00. The Bertz CT molecular complexity index is 369. The number of aliphatic carboxylic acids is 1. The van der Waals surface area contributed by atoms with Gasteiger partial charge in [-0.05, 0) is 38.5 Å². The van der Waals surface area contributed by atoms with Crippen molar-refractivity contribution in [3.63, 3.8) is 0 Å². The summed E-state index contributed by atoms with van der Waals surface area (Å²) in [6.45, 7) is 4.89. The van der Waals surface area contributed by atoms with E-state index in [9.17, 15) is 4.79 Å². The second kappa shape index (κ2) is 33.3. The van der Waals surface area contributed by atoms with E-state index in [1.54, 1.807) is 0 Å². The normalized spacial score (nSPS) is 11.0. The van der Waals surface area contributed by atoms with Gasteiger partial charge < -0.3 is 10.2 Å². The van der Waals surface area contributed by atoms with Gasteiger partial charge in [-0.15, -0.1) is 0 Å². The van der Waals surface area contributed by atoms with E-state index in [0.717, 1.165) is 19.3 Å². The van der Waals surface area contributed by atoms with Gasteiger partial charge in [0, 0.05) is 13.0 Å². The van der Waals surface area contributed by atoms with Crippen LogP contribution in [-0.2, 0) is 4.79 Å². The lowest BCUT2D eigenvalue weighted by molar-refractivity contribution is -0.137. The molecule has 2 N–H and O–H groups in total. The summed E-state index contributed by atoms with van der Waals surface area (Å²) >= 11 is 0. The Morgan fingerprint density at radius 2 is 0.848 bits per heavy atom. The van der Waals surface area contributed by atoms with Gasteiger partial charge in [-0.25, -0.2) is 0 Å². The predicted molar refractivity (Wildman–Crippen MR) is 146 cm³/mol. The number of hydrogen-bond acceptors (Lipinski definition) is 2. The maximum Gasteiger partial charge on any atom is 0.303 e. The molecule has 0 bridgehead atoms. The molecule has 0 fully saturated rings. The first-order valence-electron chi connectivity index (χ1n) is 14.7. The Morgan fingerprint density at radius 1 is 0.515 bits per heavy atom. The highest BCUT2D eigenvalue weighted by Gasteiger charge is 1.96. The molecule has 3 nitrogen and oxygen atoms in total. The van der Waals surface area contributed by atoms with Crippen LogP contribution < -0.4 is 0 Å². The van der Waals surface area contributed by atoms with Gasteiger partial charge in [-0.3, -0.25) is 4.79 Å². The fourth-order valence-corrected chi connectivity index (χ4v) is 3.95. The van der Waals surface area contributed by atoms with E-state index in [0.29, 0.717) is 13.0 Å². The van der Waals surface area contributed by atoms with Crippen molar-refractivity contribution in [3.8, 4) is 0 Å². The zero-order valence-corrected chi connectivity index (χ0v) is 22.6. The summed E-state index contributed by atoms with van der Waals surface area (Å²) in [5.74, 6) is -0.664. The third-order valence-electron chi connectivity index (χ3n) is 6.16. The van der Waals surface area contributed by atoms with Gasteiger partial charge in [0.1, 0.15) is 0 Å². The first-order chi connectivity index (χ1) is 16.2. The van der Waals surface area contributed by atoms with Crippen molar-refractivity contribution >= 4 is 5.97 Å². The number of unbranched alkanes of at least 4 members (excludes halogenated alkanes) is 20. The number of carbonyl (C=O) groups is 1. The number of carboxylic acids is 1. The maximum atomic E-state index is 10.3. The van der Waals surface area contributed by atoms with Crippen molar-refractivity contribution in [2.24, 2.45) is 0 Å². The van der Waals surface area contributed by atoms with Crippen LogP contribution in [0.15, 0.2) is 12.2 Å². The minimum Gasteiger partial charge on any atom is -0.481 e. The van der Waals surface area contributed by atoms with Gasteiger partial charge in [0.2, 0.25) is 0 Å². The van der Waals surface area contributed by atoms with Gasteiger partial charge in [-0.1, -0.05) is 135 Å². The molecule has 0 aliphatic rings. The summed E-state index contributed by atoms with van der Waals surface area (Å²) in [4.78, 5) is 10.3. The summed E-state index contributed by atoms with van der Waals surface area (Å²) in [5, 5.41) is 17.1. The molecule has 0 saturated carbocycles. The van der Waals surface area contributed by atoms with E-state index >= 15 is 0 Å². The summed E-state index contributed by atoms with van der Waals surface area (Å²) in [6.07, 6.45) is 34.5. The molecular weight excluding hydrogens is 408 g/mol. The molecule has 0 aliphatic heterocycles. The molecule has 0 aromatic heterocycles.